The van der Waals surface area contributed by atoms with E-state index in [-0.39, 0.29) is 22.2 Å². The summed E-state index contributed by atoms with van der Waals surface area (Å²) >= 11 is 6.82. The average Bonchev–Trinajstić information content (AvgIpc) is 2.18. The van der Waals surface area contributed by atoms with E-state index in [4.69, 9.17) is 22.3 Å². The van der Waals surface area contributed by atoms with Gasteiger partial charge < -0.3 is 0 Å². The molecular formula is C7H6Cl2N2O4S2. The number of pyridine rings is 1. The normalized spacial score (nSPS) is 11.4. The van der Waals surface area contributed by atoms with Crippen molar-refractivity contribution in [2.24, 2.45) is 0 Å². The summed E-state index contributed by atoms with van der Waals surface area (Å²) in [5.74, 6) is -0.0510. The Bertz CT molecular complexity index is 535. The van der Waals surface area contributed by atoms with Crippen molar-refractivity contribution in [3.8, 4) is 0 Å². The second-order valence-electron chi connectivity index (χ2n) is 2.83. The molecule has 0 aliphatic carbocycles. The highest BCUT2D eigenvalue weighted by molar-refractivity contribution is 8.14. The van der Waals surface area contributed by atoms with Gasteiger partial charge in [-0.2, -0.15) is 0 Å². The van der Waals surface area contributed by atoms with Gasteiger partial charge in [-0.1, -0.05) is 11.6 Å². The van der Waals surface area contributed by atoms with Gasteiger partial charge in [0, 0.05) is 22.5 Å². The molecule has 0 saturated carbocycles. The minimum atomic E-state index is -3.56. The topological polar surface area (TPSA) is 90.2 Å². The summed E-state index contributed by atoms with van der Waals surface area (Å²) in [4.78, 5) is 13.6. The van der Waals surface area contributed by atoms with Crippen LogP contribution in [0.1, 0.15) is 0 Å². The highest BCUT2D eigenvalue weighted by Crippen LogP contribution is 2.28. The van der Waals surface area contributed by atoms with Gasteiger partial charge in [0.25, 0.3) is 5.69 Å². The van der Waals surface area contributed by atoms with E-state index in [1.807, 2.05) is 0 Å². The van der Waals surface area contributed by atoms with E-state index in [0.29, 0.717) is 5.03 Å². The molecule has 1 aromatic rings. The number of hydrogen-bond donors (Lipinski definition) is 0. The van der Waals surface area contributed by atoms with E-state index >= 15 is 0 Å². The van der Waals surface area contributed by atoms with E-state index in [1.54, 1.807) is 0 Å². The molecule has 94 valence electrons. The van der Waals surface area contributed by atoms with Crippen LogP contribution >= 0.6 is 34.0 Å². The maximum Gasteiger partial charge on any atom is 0.289 e. The van der Waals surface area contributed by atoms with E-state index in [1.165, 1.54) is 0 Å². The SMILES string of the molecule is O=[N+]([O-])c1cnc(SCCS(=O)(=O)Cl)c(Cl)c1. The lowest BCUT2D eigenvalue weighted by Gasteiger charge is -2.01. The third-order valence-electron chi connectivity index (χ3n) is 1.57. The predicted molar refractivity (Wildman–Crippen MR) is 66.3 cm³/mol. The van der Waals surface area contributed by atoms with Crippen LogP contribution in [-0.2, 0) is 9.05 Å². The summed E-state index contributed by atoms with van der Waals surface area (Å²) in [6, 6.07) is 1.16. The van der Waals surface area contributed by atoms with Gasteiger partial charge in [0.05, 0.1) is 15.7 Å². The zero-order chi connectivity index (χ0) is 13.1. The average molecular weight is 317 g/mol. The van der Waals surface area contributed by atoms with E-state index < -0.39 is 14.0 Å². The quantitative estimate of drug-likeness (QED) is 0.358. The van der Waals surface area contributed by atoms with Crippen molar-refractivity contribution in [2.75, 3.05) is 11.5 Å². The molecule has 0 N–H and O–H groups in total. The molecule has 0 aliphatic heterocycles. The fraction of sp³-hybridized carbons (Fsp3) is 0.286. The lowest BCUT2D eigenvalue weighted by molar-refractivity contribution is -0.385. The minimum absolute atomic E-state index is 0.108. The van der Waals surface area contributed by atoms with Gasteiger partial charge >= 0.3 is 0 Å². The van der Waals surface area contributed by atoms with E-state index in [0.717, 1.165) is 24.0 Å². The molecule has 0 saturated heterocycles. The van der Waals surface area contributed by atoms with E-state index in [2.05, 4.69) is 4.98 Å². The summed E-state index contributed by atoms with van der Waals surface area (Å²) in [7, 11) is 1.47. The van der Waals surface area contributed by atoms with Crippen LogP contribution in [0.5, 0.6) is 0 Å². The molecule has 10 heteroatoms. The highest BCUT2D eigenvalue weighted by Gasteiger charge is 2.12. The van der Waals surface area contributed by atoms with Gasteiger partial charge in [-0.05, 0) is 0 Å². The fourth-order valence-electron chi connectivity index (χ4n) is 0.859. The van der Waals surface area contributed by atoms with E-state index in [9.17, 15) is 18.5 Å². The Balaban J connectivity index is 2.70. The Kier molecular flexibility index (Phi) is 4.99. The number of hydrogen-bond acceptors (Lipinski definition) is 6. The zero-order valence-electron chi connectivity index (χ0n) is 8.17. The fourth-order valence-corrected chi connectivity index (χ4v) is 3.40. The van der Waals surface area contributed by atoms with Crippen LogP contribution in [0, 0.1) is 10.1 Å². The van der Waals surface area contributed by atoms with Crippen molar-refractivity contribution >= 4 is 48.8 Å². The Morgan fingerprint density at radius 3 is 2.65 bits per heavy atom. The predicted octanol–water partition coefficient (Wildman–Crippen LogP) is 2.30. The molecule has 0 fully saturated rings. The van der Waals surface area contributed by atoms with Crippen molar-refractivity contribution in [2.45, 2.75) is 5.03 Å². The summed E-state index contributed by atoms with van der Waals surface area (Å²) < 4.78 is 21.3. The van der Waals surface area contributed by atoms with Crippen LogP contribution < -0.4 is 0 Å². The van der Waals surface area contributed by atoms with Gasteiger partial charge in [0.2, 0.25) is 9.05 Å². The first-order valence-electron chi connectivity index (χ1n) is 4.14. The first-order chi connectivity index (χ1) is 7.79. The van der Waals surface area contributed by atoms with Crippen molar-refractivity contribution in [3.63, 3.8) is 0 Å². The van der Waals surface area contributed by atoms with Gasteiger partial charge in [-0.25, -0.2) is 13.4 Å². The van der Waals surface area contributed by atoms with Crippen molar-refractivity contribution < 1.29 is 13.3 Å². The van der Waals surface area contributed by atoms with Crippen molar-refractivity contribution in [1.82, 2.24) is 4.98 Å². The van der Waals surface area contributed by atoms with Gasteiger partial charge in [0.15, 0.2) is 0 Å². The van der Waals surface area contributed by atoms with Gasteiger partial charge in [-0.15, -0.1) is 11.8 Å². The van der Waals surface area contributed by atoms with Crippen molar-refractivity contribution in [3.05, 3.63) is 27.4 Å². The summed E-state index contributed by atoms with van der Waals surface area (Å²) in [5.41, 5.74) is -0.218. The highest BCUT2D eigenvalue weighted by atomic mass is 35.7. The van der Waals surface area contributed by atoms with Crippen LogP contribution in [0.2, 0.25) is 5.02 Å². The molecule has 0 amide bonds. The molecule has 0 atom stereocenters. The maximum absolute atomic E-state index is 10.7. The molecule has 0 spiro atoms. The maximum atomic E-state index is 10.7. The molecule has 0 bridgehead atoms. The Morgan fingerprint density at radius 2 is 2.18 bits per heavy atom. The molecule has 1 aromatic heterocycles. The van der Waals surface area contributed by atoms with Crippen molar-refractivity contribution in [1.29, 1.82) is 0 Å². The lowest BCUT2D eigenvalue weighted by atomic mass is 10.4. The third-order valence-corrected chi connectivity index (χ3v) is 4.39. The number of aromatic nitrogens is 1. The van der Waals surface area contributed by atoms with Crippen LogP contribution in [0.15, 0.2) is 17.3 Å². The Morgan fingerprint density at radius 1 is 1.53 bits per heavy atom. The summed E-state index contributed by atoms with van der Waals surface area (Å²) in [6.45, 7) is 0. The molecule has 1 heterocycles. The monoisotopic (exact) mass is 316 g/mol. The Labute approximate surface area is 111 Å². The van der Waals surface area contributed by atoms with Gasteiger partial charge in [0.1, 0.15) is 11.2 Å². The Hall–Kier alpha value is -0.570. The first-order valence-corrected chi connectivity index (χ1v) is 7.99. The molecule has 0 aromatic carbocycles. The lowest BCUT2D eigenvalue weighted by Crippen LogP contribution is -2.00. The standard InChI is InChI=1S/C7H6Cl2N2O4S2/c8-6-3-5(11(12)13)4-10-7(6)16-1-2-17(9,14)15/h3-4H,1-2H2. The molecule has 0 aliphatic rings. The number of thioether (sulfide) groups is 1. The summed E-state index contributed by atoms with van der Waals surface area (Å²) in [5, 5.41) is 10.9. The zero-order valence-corrected chi connectivity index (χ0v) is 11.3. The largest absolute Gasteiger partial charge is 0.289 e. The molecule has 17 heavy (non-hydrogen) atoms. The number of halogens is 2. The second-order valence-corrected chi connectivity index (χ2v) is 7.22. The van der Waals surface area contributed by atoms with Crippen LogP contribution in [-0.4, -0.2) is 29.8 Å². The molecular weight excluding hydrogens is 311 g/mol. The van der Waals surface area contributed by atoms with Gasteiger partial charge in [-0.3, -0.25) is 10.1 Å². The van der Waals surface area contributed by atoms with Crippen LogP contribution in [0.4, 0.5) is 5.69 Å². The third kappa shape index (κ3) is 5.07. The smallest absolute Gasteiger partial charge is 0.258 e. The number of rotatable bonds is 5. The molecule has 6 nitrogen and oxygen atoms in total. The minimum Gasteiger partial charge on any atom is -0.258 e. The van der Waals surface area contributed by atoms with Crippen LogP contribution in [0.3, 0.4) is 0 Å². The summed E-state index contributed by atoms with van der Waals surface area (Å²) in [6.07, 6.45) is 1.06. The molecule has 0 unspecified atom stereocenters. The first kappa shape index (κ1) is 14.5. The molecule has 0 radical (unpaired) electrons. The number of nitrogens with zero attached hydrogens (tertiary/aromatic N) is 2. The molecule has 1 rings (SSSR count). The van der Waals surface area contributed by atoms with Crippen LogP contribution in [0.25, 0.3) is 0 Å². The number of nitro groups is 1. The second kappa shape index (κ2) is 5.85.